The molecule has 1 fully saturated rings. The summed E-state index contributed by atoms with van der Waals surface area (Å²) in [4.78, 5) is 28.7. The van der Waals surface area contributed by atoms with Crippen molar-refractivity contribution in [2.45, 2.75) is 18.9 Å². The van der Waals surface area contributed by atoms with Crippen molar-refractivity contribution < 1.29 is 14.7 Å². The van der Waals surface area contributed by atoms with Gasteiger partial charge in [-0.15, -0.1) is 6.42 Å². The van der Waals surface area contributed by atoms with Gasteiger partial charge in [0, 0.05) is 12.7 Å². The summed E-state index contributed by atoms with van der Waals surface area (Å²) in [6.45, 7) is 0.820. The average Bonchev–Trinajstić information content (AvgIpc) is 2.94. The van der Waals surface area contributed by atoms with Gasteiger partial charge in [-0.1, -0.05) is 5.92 Å². The summed E-state index contributed by atoms with van der Waals surface area (Å²) in [5, 5.41) is 11.7. The van der Waals surface area contributed by atoms with E-state index in [0.29, 0.717) is 24.3 Å². The lowest BCUT2D eigenvalue weighted by Gasteiger charge is -2.22. The van der Waals surface area contributed by atoms with Crippen LogP contribution < -0.4 is 10.2 Å². The zero-order valence-electron chi connectivity index (χ0n) is 10.9. The maximum Gasteiger partial charge on any atom is 0.326 e. The van der Waals surface area contributed by atoms with E-state index in [1.165, 1.54) is 6.20 Å². The number of pyridine rings is 1. The van der Waals surface area contributed by atoms with Crippen molar-refractivity contribution in [1.29, 1.82) is 0 Å². The quantitative estimate of drug-likeness (QED) is 0.781. The van der Waals surface area contributed by atoms with Crippen LogP contribution >= 0.6 is 0 Å². The Morgan fingerprint density at radius 3 is 2.95 bits per heavy atom. The summed E-state index contributed by atoms with van der Waals surface area (Å²) in [5.41, 5.74) is 0.398. The van der Waals surface area contributed by atoms with Crippen molar-refractivity contribution in [2.24, 2.45) is 0 Å². The SMILES string of the molecule is C#CCNC(=O)c1ccc(N2CCC[C@@H]2C(=O)O)nc1. The number of carbonyl (C=O) groups excluding carboxylic acids is 1. The van der Waals surface area contributed by atoms with Crippen molar-refractivity contribution in [2.75, 3.05) is 18.0 Å². The molecule has 1 aliphatic heterocycles. The Balaban J connectivity index is 2.10. The van der Waals surface area contributed by atoms with Gasteiger partial charge in [-0.25, -0.2) is 9.78 Å². The van der Waals surface area contributed by atoms with Gasteiger partial charge in [-0.3, -0.25) is 4.79 Å². The van der Waals surface area contributed by atoms with Crippen LogP contribution in [0.3, 0.4) is 0 Å². The van der Waals surface area contributed by atoms with Crippen molar-refractivity contribution in [1.82, 2.24) is 10.3 Å². The lowest BCUT2D eigenvalue weighted by molar-refractivity contribution is -0.138. The summed E-state index contributed by atoms with van der Waals surface area (Å²) in [5.74, 6) is 1.75. The van der Waals surface area contributed by atoms with Crippen LogP contribution in [-0.2, 0) is 4.79 Å². The zero-order chi connectivity index (χ0) is 14.5. The van der Waals surface area contributed by atoms with Crippen LogP contribution in [0.1, 0.15) is 23.2 Å². The van der Waals surface area contributed by atoms with Gasteiger partial charge >= 0.3 is 5.97 Å². The second-order valence-corrected chi connectivity index (χ2v) is 4.48. The standard InChI is InChI=1S/C14H15N3O3/c1-2-7-15-13(18)10-5-6-12(16-9-10)17-8-3-4-11(17)14(19)20/h1,5-6,9,11H,3-4,7-8H2,(H,15,18)(H,19,20)/t11-/m1/s1. The van der Waals surface area contributed by atoms with E-state index >= 15 is 0 Å². The highest BCUT2D eigenvalue weighted by Gasteiger charge is 2.31. The van der Waals surface area contributed by atoms with E-state index in [1.54, 1.807) is 17.0 Å². The number of carbonyl (C=O) groups is 2. The van der Waals surface area contributed by atoms with Gasteiger partial charge in [0.25, 0.3) is 5.91 Å². The van der Waals surface area contributed by atoms with Crippen LogP contribution in [0.25, 0.3) is 0 Å². The van der Waals surface area contributed by atoms with E-state index in [0.717, 1.165) is 6.42 Å². The molecule has 0 aromatic carbocycles. The van der Waals surface area contributed by atoms with E-state index in [2.05, 4.69) is 16.2 Å². The first-order chi connectivity index (χ1) is 9.63. The fourth-order valence-electron chi connectivity index (χ4n) is 2.22. The molecule has 1 aromatic heterocycles. The lowest BCUT2D eigenvalue weighted by Crippen LogP contribution is -2.36. The van der Waals surface area contributed by atoms with Gasteiger partial charge in [-0.2, -0.15) is 0 Å². The summed E-state index contributed by atoms with van der Waals surface area (Å²) >= 11 is 0. The maximum atomic E-state index is 11.7. The molecule has 1 aliphatic rings. The second-order valence-electron chi connectivity index (χ2n) is 4.48. The third-order valence-corrected chi connectivity index (χ3v) is 3.19. The maximum absolute atomic E-state index is 11.7. The van der Waals surface area contributed by atoms with Crippen LogP contribution in [0.4, 0.5) is 5.82 Å². The first kappa shape index (κ1) is 13.9. The number of nitrogens with zero attached hydrogens (tertiary/aromatic N) is 2. The minimum Gasteiger partial charge on any atom is -0.480 e. The number of aromatic nitrogens is 1. The van der Waals surface area contributed by atoms with E-state index in [1.807, 2.05) is 0 Å². The normalized spacial score (nSPS) is 17.6. The molecule has 0 spiro atoms. The summed E-state index contributed by atoms with van der Waals surface area (Å²) in [7, 11) is 0. The van der Waals surface area contributed by atoms with Gasteiger partial charge in [0.15, 0.2) is 0 Å². The Morgan fingerprint density at radius 1 is 1.55 bits per heavy atom. The molecule has 0 unspecified atom stereocenters. The largest absolute Gasteiger partial charge is 0.480 e. The molecule has 0 radical (unpaired) electrons. The molecule has 2 heterocycles. The summed E-state index contributed by atoms with van der Waals surface area (Å²) in [6.07, 6.45) is 7.93. The monoisotopic (exact) mass is 273 g/mol. The molecular formula is C14H15N3O3. The molecule has 2 N–H and O–H groups in total. The minimum absolute atomic E-state index is 0.161. The Kier molecular flexibility index (Phi) is 4.20. The molecule has 20 heavy (non-hydrogen) atoms. The number of carboxylic acid groups (broad SMARTS) is 1. The van der Waals surface area contributed by atoms with E-state index < -0.39 is 12.0 Å². The van der Waals surface area contributed by atoms with Crippen LogP contribution in [0.2, 0.25) is 0 Å². The molecule has 1 saturated heterocycles. The Hall–Kier alpha value is -2.55. The van der Waals surface area contributed by atoms with Crippen molar-refractivity contribution >= 4 is 17.7 Å². The summed E-state index contributed by atoms with van der Waals surface area (Å²) in [6, 6.07) is 2.74. The van der Waals surface area contributed by atoms with Crippen LogP contribution in [0.15, 0.2) is 18.3 Å². The molecule has 0 aliphatic carbocycles. The topological polar surface area (TPSA) is 82.5 Å². The number of anilines is 1. The Morgan fingerprint density at radius 2 is 2.35 bits per heavy atom. The lowest BCUT2D eigenvalue weighted by atomic mass is 10.2. The molecule has 6 heteroatoms. The number of amides is 1. The Labute approximate surface area is 116 Å². The minimum atomic E-state index is -0.847. The molecule has 1 amide bonds. The molecule has 1 atom stereocenters. The summed E-state index contributed by atoms with van der Waals surface area (Å²) < 4.78 is 0. The number of nitrogens with one attached hydrogen (secondary N) is 1. The first-order valence-corrected chi connectivity index (χ1v) is 6.30. The van der Waals surface area contributed by atoms with Crippen molar-refractivity contribution in [3.63, 3.8) is 0 Å². The van der Waals surface area contributed by atoms with E-state index in [9.17, 15) is 9.59 Å². The van der Waals surface area contributed by atoms with Gasteiger partial charge < -0.3 is 15.3 Å². The number of aliphatic carboxylic acids is 1. The molecule has 6 nitrogen and oxygen atoms in total. The number of carboxylic acids is 1. The number of rotatable bonds is 4. The van der Waals surface area contributed by atoms with Gasteiger partial charge in [0.2, 0.25) is 0 Å². The molecule has 104 valence electrons. The zero-order valence-corrected chi connectivity index (χ0v) is 10.9. The molecular weight excluding hydrogens is 258 g/mol. The highest BCUT2D eigenvalue weighted by atomic mass is 16.4. The van der Waals surface area contributed by atoms with Crippen LogP contribution in [0.5, 0.6) is 0 Å². The fourth-order valence-corrected chi connectivity index (χ4v) is 2.22. The third kappa shape index (κ3) is 2.88. The Bertz CT molecular complexity index is 548. The third-order valence-electron chi connectivity index (χ3n) is 3.19. The molecule has 1 aromatic rings. The first-order valence-electron chi connectivity index (χ1n) is 6.30. The molecule has 2 rings (SSSR count). The highest BCUT2D eigenvalue weighted by Crippen LogP contribution is 2.23. The van der Waals surface area contributed by atoms with Gasteiger partial charge in [0.1, 0.15) is 11.9 Å². The smallest absolute Gasteiger partial charge is 0.326 e. The predicted molar refractivity (Wildman–Crippen MR) is 73.4 cm³/mol. The van der Waals surface area contributed by atoms with E-state index in [4.69, 9.17) is 11.5 Å². The van der Waals surface area contributed by atoms with Crippen LogP contribution in [-0.4, -0.2) is 41.1 Å². The molecule has 0 bridgehead atoms. The average molecular weight is 273 g/mol. The van der Waals surface area contributed by atoms with E-state index in [-0.39, 0.29) is 12.5 Å². The van der Waals surface area contributed by atoms with Crippen molar-refractivity contribution in [3.05, 3.63) is 23.9 Å². The number of terminal acetylenes is 1. The molecule has 0 saturated carbocycles. The number of hydrogen-bond acceptors (Lipinski definition) is 4. The van der Waals surface area contributed by atoms with Gasteiger partial charge in [-0.05, 0) is 25.0 Å². The van der Waals surface area contributed by atoms with Crippen molar-refractivity contribution in [3.8, 4) is 12.3 Å². The van der Waals surface area contributed by atoms with Gasteiger partial charge in [0.05, 0.1) is 12.1 Å². The predicted octanol–water partition coefficient (Wildman–Crippen LogP) is 0.498. The second kappa shape index (κ2) is 6.06. The fraction of sp³-hybridized carbons (Fsp3) is 0.357. The van der Waals surface area contributed by atoms with Crippen LogP contribution in [0, 0.1) is 12.3 Å². The highest BCUT2D eigenvalue weighted by molar-refractivity contribution is 5.94. The number of hydrogen-bond donors (Lipinski definition) is 2.